The Kier molecular flexibility index (Phi) is 5.15. The van der Waals surface area contributed by atoms with Crippen LogP contribution in [0.3, 0.4) is 0 Å². The van der Waals surface area contributed by atoms with Gasteiger partial charge in [0.15, 0.2) is 0 Å². The van der Waals surface area contributed by atoms with Crippen molar-refractivity contribution in [2.75, 3.05) is 6.54 Å². The minimum absolute atomic E-state index is 0.289. The molecule has 0 radical (unpaired) electrons. The summed E-state index contributed by atoms with van der Waals surface area (Å²) in [6.45, 7) is 5.59. The van der Waals surface area contributed by atoms with Gasteiger partial charge in [0.05, 0.1) is 11.7 Å². The van der Waals surface area contributed by atoms with Crippen LogP contribution in [0.1, 0.15) is 37.6 Å². The Morgan fingerprint density at radius 2 is 2.15 bits per heavy atom. The summed E-state index contributed by atoms with van der Waals surface area (Å²) in [7, 11) is 0. The number of halogens is 2. The summed E-state index contributed by atoms with van der Waals surface area (Å²) in [5, 5.41) is 8.03. The van der Waals surface area contributed by atoms with Crippen molar-refractivity contribution in [2.45, 2.75) is 32.9 Å². The van der Waals surface area contributed by atoms with Gasteiger partial charge in [-0.15, -0.1) is 0 Å². The normalized spacial score (nSPS) is 12.6. The zero-order valence-corrected chi connectivity index (χ0v) is 12.5. The molecule has 1 atom stereocenters. The number of aromatic nitrogens is 2. The smallest absolute Gasteiger partial charge is 0.129 e. The fourth-order valence-electron chi connectivity index (χ4n) is 2.33. The van der Waals surface area contributed by atoms with Crippen LogP contribution in [-0.4, -0.2) is 16.3 Å². The number of benzene rings is 1. The predicted molar refractivity (Wildman–Crippen MR) is 79.4 cm³/mol. The second-order valence-electron chi connectivity index (χ2n) is 4.61. The van der Waals surface area contributed by atoms with Crippen molar-refractivity contribution in [3.8, 4) is 0 Å². The van der Waals surface area contributed by atoms with Crippen LogP contribution in [-0.2, 0) is 6.54 Å². The molecular weight excluding hydrogens is 277 g/mol. The first-order chi connectivity index (χ1) is 9.69. The molecule has 0 aliphatic carbocycles. The van der Waals surface area contributed by atoms with E-state index in [4.69, 9.17) is 11.6 Å². The largest absolute Gasteiger partial charge is 0.305 e. The molecule has 0 bridgehead atoms. The zero-order chi connectivity index (χ0) is 14.5. The molecule has 1 heterocycles. The number of rotatable bonds is 6. The molecule has 1 aromatic heterocycles. The molecule has 1 unspecified atom stereocenters. The van der Waals surface area contributed by atoms with Crippen LogP contribution < -0.4 is 5.32 Å². The van der Waals surface area contributed by atoms with Crippen molar-refractivity contribution in [1.29, 1.82) is 0 Å². The molecule has 20 heavy (non-hydrogen) atoms. The summed E-state index contributed by atoms with van der Waals surface area (Å²) < 4.78 is 16.1. The van der Waals surface area contributed by atoms with E-state index in [2.05, 4.69) is 17.3 Å². The number of nitrogens with zero attached hydrogens (tertiary/aromatic N) is 2. The van der Waals surface area contributed by atoms with Gasteiger partial charge >= 0.3 is 0 Å². The third-order valence-electron chi connectivity index (χ3n) is 3.18. The molecule has 2 aromatic rings. The lowest BCUT2D eigenvalue weighted by molar-refractivity contribution is 0.502. The first-order valence-corrected chi connectivity index (χ1v) is 7.25. The van der Waals surface area contributed by atoms with Crippen LogP contribution in [0, 0.1) is 5.82 Å². The van der Waals surface area contributed by atoms with E-state index < -0.39 is 0 Å². The molecule has 1 N–H and O–H groups in total. The van der Waals surface area contributed by atoms with E-state index >= 15 is 0 Å². The number of hydrogen-bond acceptors (Lipinski definition) is 2. The van der Waals surface area contributed by atoms with Gasteiger partial charge in [-0.3, -0.25) is 4.68 Å². The fraction of sp³-hybridized carbons (Fsp3) is 0.400. The van der Waals surface area contributed by atoms with Crippen LogP contribution in [0.4, 0.5) is 4.39 Å². The Morgan fingerprint density at radius 3 is 2.80 bits per heavy atom. The molecule has 0 spiro atoms. The molecule has 1 aromatic carbocycles. The minimum atomic E-state index is -0.298. The Bertz CT molecular complexity index is 548. The van der Waals surface area contributed by atoms with Crippen molar-refractivity contribution in [3.05, 3.63) is 52.6 Å². The molecular formula is C15H19ClFN3. The maximum Gasteiger partial charge on any atom is 0.129 e. The lowest BCUT2D eigenvalue weighted by Crippen LogP contribution is -2.26. The van der Waals surface area contributed by atoms with Crippen molar-refractivity contribution >= 4 is 11.6 Å². The highest BCUT2D eigenvalue weighted by atomic mass is 35.5. The van der Waals surface area contributed by atoms with Crippen molar-refractivity contribution < 1.29 is 4.39 Å². The highest BCUT2D eigenvalue weighted by Crippen LogP contribution is 2.30. The van der Waals surface area contributed by atoms with E-state index in [9.17, 15) is 4.39 Å². The quantitative estimate of drug-likeness (QED) is 0.879. The van der Waals surface area contributed by atoms with Gasteiger partial charge < -0.3 is 5.32 Å². The Hall–Kier alpha value is -1.39. The zero-order valence-electron chi connectivity index (χ0n) is 11.7. The second-order valence-corrected chi connectivity index (χ2v) is 5.01. The lowest BCUT2D eigenvalue weighted by Gasteiger charge is -2.21. The van der Waals surface area contributed by atoms with E-state index in [1.165, 1.54) is 6.07 Å². The summed E-state index contributed by atoms with van der Waals surface area (Å²) in [6.07, 6.45) is 2.71. The number of aryl methyl sites for hydroxylation is 1. The average Bonchev–Trinajstić information content (AvgIpc) is 2.86. The summed E-state index contributed by atoms with van der Waals surface area (Å²) in [4.78, 5) is 0. The standard InChI is InChI=1S/C15H19ClFN3/c1-3-10-20-13(8-9-19-20)15(18-4-2)14-11(16)6-5-7-12(14)17/h5-9,15,18H,3-4,10H2,1-2H3. The monoisotopic (exact) mass is 295 g/mol. The lowest BCUT2D eigenvalue weighted by atomic mass is 10.0. The summed E-state index contributed by atoms with van der Waals surface area (Å²) in [6, 6.07) is 6.39. The van der Waals surface area contributed by atoms with Gasteiger partial charge in [-0.2, -0.15) is 5.10 Å². The van der Waals surface area contributed by atoms with Gasteiger partial charge in [0.2, 0.25) is 0 Å². The fourth-order valence-corrected chi connectivity index (χ4v) is 2.60. The van der Waals surface area contributed by atoms with Crippen LogP contribution in [0.15, 0.2) is 30.5 Å². The molecule has 3 nitrogen and oxygen atoms in total. The van der Waals surface area contributed by atoms with Gasteiger partial charge in [-0.25, -0.2) is 4.39 Å². The number of nitrogens with one attached hydrogen (secondary N) is 1. The Balaban J connectivity index is 2.48. The van der Waals surface area contributed by atoms with E-state index in [1.807, 2.05) is 17.7 Å². The third-order valence-corrected chi connectivity index (χ3v) is 3.51. The van der Waals surface area contributed by atoms with Crippen LogP contribution in [0.2, 0.25) is 5.02 Å². The maximum absolute atomic E-state index is 14.2. The molecule has 0 saturated carbocycles. The van der Waals surface area contributed by atoms with E-state index in [1.54, 1.807) is 18.3 Å². The van der Waals surface area contributed by atoms with Crippen LogP contribution >= 0.6 is 11.6 Å². The SMILES string of the molecule is CCCn1nccc1C(NCC)c1c(F)cccc1Cl. The molecule has 0 saturated heterocycles. The minimum Gasteiger partial charge on any atom is -0.305 e. The molecule has 0 aliphatic rings. The molecule has 0 aliphatic heterocycles. The van der Waals surface area contributed by atoms with Crippen LogP contribution in [0.25, 0.3) is 0 Å². The van der Waals surface area contributed by atoms with Gasteiger partial charge in [0.1, 0.15) is 5.82 Å². The van der Waals surface area contributed by atoms with Crippen molar-refractivity contribution in [2.24, 2.45) is 0 Å². The summed E-state index contributed by atoms with van der Waals surface area (Å²) >= 11 is 6.20. The second kappa shape index (κ2) is 6.86. The van der Waals surface area contributed by atoms with E-state index in [-0.39, 0.29) is 11.9 Å². The summed E-state index contributed by atoms with van der Waals surface area (Å²) in [5.74, 6) is -0.298. The van der Waals surface area contributed by atoms with E-state index in [0.717, 1.165) is 18.7 Å². The predicted octanol–water partition coefficient (Wildman–Crippen LogP) is 3.78. The van der Waals surface area contributed by atoms with Gasteiger partial charge in [0, 0.05) is 23.3 Å². The van der Waals surface area contributed by atoms with Crippen LogP contribution in [0.5, 0.6) is 0 Å². The third kappa shape index (κ3) is 3.02. The Labute approximate surface area is 123 Å². The van der Waals surface area contributed by atoms with Gasteiger partial charge in [0.25, 0.3) is 0 Å². The maximum atomic E-state index is 14.2. The summed E-state index contributed by atoms with van der Waals surface area (Å²) in [5.41, 5.74) is 1.41. The van der Waals surface area contributed by atoms with Gasteiger partial charge in [-0.05, 0) is 31.2 Å². The van der Waals surface area contributed by atoms with E-state index in [0.29, 0.717) is 17.1 Å². The Morgan fingerprint density at radius 1 is 1.35 bits per heavy atom. The first-order valence-electron chi connectivity index (χ1n) is 6.88. The molecule has 5 heteroatoms. The van der Waals surface area contributed by atoms with Crippen molar-refractivity contribution in [3.63, 3.8) is 0 Å². The topological polar surface area (TPSA) is 29.9 Å². The number of hydrogen-bond donors (Lipinski definition) is 1. The van der Waals surface area contributed by atoms with Gasteiger partial charge in [-0.1, -0.05) is 31.5 Å². The molecule has 2 rings (SSSR count). The highest BCUT2D eigenvalue weighted by molar-refractivity contribution is 6.31. The molecule has 0 amide bonds. The average molecular weight is 296 g/mol. The molecule has 108 valence electrons. The highest BCUT2D eigenvalue weighted by Gasteiger charge is 2.23. The van der Waals surface area contributed by atoms with Crippen molar-refractivity contribution in [1.82, 2.24) is 15.1 Å². The first kappa shape index (κ1) is 15.0. The molecule has 0 fully saturated rings.